The molecule has 0 spiro atoms. The zero-order chi connectivity index (χ0) is 10.7. The van der Waals surface area contributed by atoms with Gasteiger partial charge in [0.15, 0.2) is 0 Å². The number of rotatable bonds is 2. The number of nitrogens with two attached hydrogens (primary N) is 1. The molecule has 0 aliphatic heterocycles. The molecule has 0 aliphatic rings. The normalized spacial score (nSPS) is 12.2. The van der Waals surface area contributed by atoms with Crippen molar-refractivity contribution in [1.29, 1.82) is 5.26 Å². The van der Waals surface area contributed by atoms with E-state index in [0.29, 0.717) is 10.0 Å². The van der Waals surface area contributed by atoms with Crippen LogP contribution in [0.1, 0.15) is 23.6 Å². The number of benzene rings is 1. The third-order valence-electron chi connectivity index (χ3n) is 1.99. The third-order valence-corrected chi connectivity index (χ3v) is 2.68. The Morgan fingerprint density at radius 1 is 1.64 bits per heavy atom. The quantitative estimate of drug-likeness (QED) is 0.885. The molecule has 1 atom stereocenters. The summed E-state index contributed by atoms with van der Waals surface area (Å²) in [4.78, 5) is 0. The standard InChI is InChI=1S/C10H10BrFN2/c1-6-4-7(10(14)2-3-13)8(11)5-9(6)12/h4-5,10H,2,14H2,1H3. The van der Waals surface area contributed by atoms with Crippen LogP contribution in [0, 0.1) is 24.1 Å². The Labute approximate surface area is 90.7 Å². The first-order valence-electron chi connectivity index (χ1n) is 4.14. The predicted octanol–water partition coefficient (Wildman–Crippen LogP) is 2.81. The van der Waals surface area contributed by atoms with E-state index in [1.54, 1.807) is 13.0 Å². The Balaban J connectivity index is 3.10. The van der Waals surface area contributed by atoms with Gasteiger partial charge in [-0.2, -0.15) is 5.26 Å². The first-order valence-corrected chi connectivity index (χ1v) is 4.93. The highest BCUT2D eigenvalue weighted by Crippen LogP contribution is 2.26. The Morgan fingerprint density at radius 2 is 2.29 bits per heavy atom. The fourth-order valence-corrected chi connectivity index (χ4v) is 1.78. The molecule has 0 aliphatic carbocycles. The summed E-state index contributed by atoms with van der Waals surface area (Å²) in [6, 6.07) is 4.67. The van der Waals surface area contributed by atoms with Gasteiger partial charge in [0.25, 0.3) is 0 Å². The van der Waals surface area contributed by atoms with Crippen LogP contribution in [0.4, 0.5) is 4.39 Å². The first kappa shape index (κ1) is 11.2. The van der Waals surface area contributed by atoms with E-state index in [9.17, 15) is 4.39 Å². The van der Waals surface area contributed by atoms with Gasteiger partial charge in [-0.1, -0.05) is 22.0 Å². The lowest BCUT2D eigenvalue weighted by atomic mass is 10.0. The largest absolute Gasteiger partial charge is 0.323 e. The van der Waals surface area contributed by atoms with Crippen molar-refractivity contribution in [3.63, 3.8) is 0 Å². The van der Waals surface area contributed by atoms with Gasteiger partial charge in [0, 0.05) is 10.5 Å². The smallest absolute Gasteiger partial charge is 0.127 e. The highest BCUT2D eigenvalue weighted by atomic mass is 79.9. The molecule has 14 heavy (non-hydrogen) atoms. The van der Waals surface area contributed by atoms with Crippen LogP contribution < -0.4 is 5.73 Å². The molecule has 0 saturated carbocycles. The Kier molecular flexibility index (Phi) is 3.62. The maximum Gasteiger partial charge on any atom is 0.127 e. The summed E-state index contributed by atoms with van der Waals surface area (Å²) in [6.45, 7) is 1.67. The molecule has 74 valence electrons. The highest BCUT2D eigenvalue weighted by molar-refractivity contribution is 9.10. The van der Waals surface area contributed by atoms with Crippen molar-refractivity contribution in [3.8, 4) is 6.07 Å². The molecule has 2 N–H and O–H groups in total. The maximum absolute atomic E-state index is 13.1. The summed E-state index contributed by atoms with van der Waals surface area (Å²) in [5, 5.41) is 8.49. The minimum atomic E-state index is -0.367. The number of nitriles is 1. The van der Waals surface area contributed by atoms with Crippen molar-refractivity contribution < 1.29 is 4.39 Å². The molecule has 0 fully saturated rings. The molecular weight excluding hydrogens is 247 g/mol. The molecule has 0 radical (unpaired) electrons. The molecule has 1 rings (SSSR count). The fraction of sp³-hybridized carbons (Fsp3) is 0.300. The zero-order valence-electron chi connectivity index (χ0n) is 7.72. The van der Waals surface area contributed by atoms with Crippen LogP contribution in [0.3, 0.4) is 0 Å². The topological polar surface area (TPSA) is 49.8 Å². The van der Waals surface area contributed by atoms with Gasteiger partial charge >= 0.3 is 0 Å². The van der Waals surface area contributed by atoms with E-state index in [1.807, 2.05) is 6.07 Å². The lowest BCUT2D eigenvalue weighted by Gasteiger charge is -2.11. The van der Waals surface area contributed by atoms with Gasteiger partial charge in [-0.3, -0.25) is 0 Å². The van der Waals surface area contributed by atoms with Crippen molar-refractivity contribution in [2.75, 3.05) is 0 Å². The third kappa shape index (κ3) is 2.31. The maximum atomic E-state index is 13.1. The van der Waals surface area contributed by atoms with Crippen LogP contribution in [-0.2, 0) is 0 Å². The van der Waals surface area contributed by atoms with Crippen molar-refractivity contribution in [1.82, 2.24) is 0 Å². The molecule has 2 nitrogen and oxygen atoms in total. The monoisotopic (exact) mass is 256 g/mol. The van der Waals surface area contributed by atoms with Crippen molar-refractivity contribution >= 4 is 15.9 Å². The van der Waals surface area contributed by atoms with Crippen molar-refractivity contribution in [3.05, 3.63) is 33.5 Å². The van der Waals surface area contributed by atoms with Crippen molar-refractivity contribution in [2.24, 2.45) is 5.73 Å². The molecule has 0 saturated heterocycles. The Hall–Kier alpha value is -0.920. The van der Waals surface area contributed by atoms with Crippen LogP contribution >= 0.6 is 15.9 Å². The summed E-state index contributed by atoms with van der Waals surface area (Å²) < 4.78 is 13.7. The second-order valence-electron chi connectivity index (χ2n) is 3.09. The van der Waals surface area contributed by atoms with Crippen LogP contribution in [0.25, 0.3) is 0 Å². The van der Waals surface area contributed by atoms with Gasteiger partial charge in [-0.05, 0) is 24.1 Å². The second-order valence-corrected chi connectivity index (χ2v) is 3.95. The number of hydrogen-bond donors (Lipinski definition) is 1. The summed E-state index contributed by atoms with van der Waals surface area (Å²) in [5.74, 6) is -0.273. The highest BCUT2D eigenvalue weighted by Gasteiger charge is 2.11. The molecular formula is C10H10BrFN2. The first-order chi connectivity index (χ1) is 6.56. The summed E-state index contributed by atoms with van der Waals surface area (Å²) in [6.07, 6.45) is 0.226. The van der Waals surface area contributed by atoms with Gasteiger partial charge < -0.3 is 5.73 Å². The zero-order valence-corrected chi connectivity index (χ0v) is 9.31. The van der Waals surface area contributed by atoms with Crippen LogP contribution in [-0.4, -0.2) is 0 Å². The van der Waals surface area contributed by atoms with E-state index in [4.69, 9.17) is 11.0 Å². The summed E-state index contributed by atoms with van der Waals surface area (Å²) in [7, 11) is 0. The minimum Gasteiger partial charge on any atom is -0.323 e. The molecule has 0 amide bonds. The average molecular weight is 257 g/mol. The fourth-order valence-electron chi connectivity index (χ4n) is 1.17. The summed E-state index contributed by atoms with van der Waals surface area (Å²) >= 11 is 3.22. The number of hydrogen-bond acceptors (Lipinski definition) is 2. The van der Waals surface area contributed by atoms with Gasteiger partial charge in [0.05, 0.1) is 12.5 Å². The molecule has 0 bridgehead atoms. The average Bonchev–Trinajstić information content (AvgIpc) is 2.11. The van der Waals surface area contributed by atoms with Gasteiger partial charge in [0.1, 0.15) is 5.82 Å². The summed E-state index contributed by atoms with van der Waals surface area (Å²) in [5.41, 5.74) is 7.06. The molecule has 0 aromatic heterocycles. The van der Waals surface area contributed by atoms with Crippen LogP contribution in [0.15, 0.2) is 16.6 Å². The molecule has 1 aromatic carbocycles. The van der Waals surface area contributed by atoms with Gasteiger partial charge in [-0.15, -0.1) is 0 Å². The second kappa shape index (κ2) is 4.54. The van der Waals surface area contributed by atoms with Crippen molar-refractivity contribution in [2.45, 2.75) is 19.4 Å². The number of aryl methyl sites for hydroxylation is 1. The SMILES string of the molecule is Cc1cc(C(N)CC#N)c(Br)cc1F. The minimum absolute atomic E-state index is 0.226. The number of halogens is 2. The van der Waals surface area contributed by atoms with E-state index < -0.39 is 0 Å². The molecule has 4 heteroatoms. The van der Waals surface area contributed by atoms with E-state index in [0.717, 1.165) is 5.56 Å². The van der Waals surface area contributed by atoms with Gasteiger partial charge in [0.2, 0.25) is 0 Å². The molecule has 1 aromatic rings. The Bertz CT molecular complexity index is 384. The van der Waals surface area contributed by atoms with E-state index in [1.165, 1.54) is 6.07 Å². The lowest BCUT2D eigenvalue weighted by Crippen LogP contribution is -2.10. The lowest BCUT2D eigenvalue weighted by molar-refractivity contribution is 0.614. The van der Waals surface area contributed by atoms with Crippen LogP contribution in [0.5, 0.6) is 0 Å². The molecule has 1 unspecified atom stereocenters. The van der Waals surface area contributed by atoms with Gasteiger partial charge in [-0.25, -0.2) is 4.39 Å². The van der Waals surface area contributed by atoms with E-state index in [2.05, 4.69) is 15.9 Å². The van der Waals surface area contributed by atoms with E-state index in [-0.39, 0.29) is 18.3 Å². The van der Waals surface area contributed by atoms with E-state index >= 15 is 0 Å². The Morgan fingerprint density at radius 3 is 2.86 bits per heavy atom. The van der Waals surface area contributed by atoms with Crippen LogP contribution in [0.2, 0.25) is 0 Å². The number of nitrogens with zero attached hydrogens (tertiary/aromatic N) is 1. The molecule has 0 heterocycles. The predicted molar refractivity (Wildman–Crippen MR) is 56.0 cm³/mol.